The van der Waals surface area contributed by atoms with Crippen LogP contribution in [-0.2, 0) is 4.79 Å². The molecule has 4 heterocycles. The van der Waals surface area contributed by atoms with Crippen LogP contribution in [0.3, 0.4) is 0 Å². The molecule has 2 fully saturated rings. The fraction of sp³-hybridized carbons (Fsp3) is 0.480. The largest absolute Gasteiger partial charge is 0.350 e. The quantitative estimate of drug-likeness (QED) is 0.532. The first-order valence-corrected chi connectivity index (χ1v) is 13.0. The number of carbonyl (C=O) groups is 2. The van der Waals surface area contributed by atoms with Gasteiger partial charge in [-0.05, 0) is 61.6 Å². The summed E-state index contributed by atoms with van der Waals surface area (Å²) in [6.45, 7) is 5.04. The second-order valence-corrected chi connectivity index (χ2v) is 10.6. The van der Waals surface area contributed by atoms with Gasteiger partial charge >= 0.3 is 0 Å². The molecule has 35 heavy (non-hydrogen) atoms. The first-order chi connectivity index (χ1) is 16.9. The van der Waals surface area contributed by atoms with Gasteiger partial charge in [0, 0.05) is 25.2 Å². The maximum Gasteiger partial charge on any atom is 0.274 e. The number of halogens is 1. The lowest BCUT2D eigenvalue weighted by Gasteiger charge is -2.40. The van der Waals surface area contributed by atoms with E-state index >= 15 is 0 Å². The van der Waals surface area contributed by atoms with Crippen molar-refractivity contribution in [3.63, 3.8) is 0 Å². The van der Waals surface area contributed by atoms with Crippen molar-refractivity contribution in [3.8, 4) is 0 Å². The van der Waals surface area contributed by atoms with Gasteiger partial charge in [-0.1, -0.05) is 6.92 Å². The summed E-state index contributed by atoms with van der Waals surface area (Å²) in [7, 11) is 0. The summed E-state index contributed by atoms with van der Waals surface area (Å²) in [5.74, 6) is 0.605. The lowest BCUT2D eigenvalue weighted by Crippen LogP contribution is -2.61. The number of anilines is 1. The standard InChI is InChI=1S/C25H29FN6O2S/c1-14-3-5-16(6-4-14)23(33)29-19-12-32(13-19)24(34)21-22-20(7-8-35-22)30-25(31-21)28-15(2)17-9-18(26)11-27-10-17/h7-11,14-16,19H,3-6,12-13H2,1-2H3,(H,29,33)(H,28,30,31)/t14-,15-,16-/m0/s1. The molecule has 0 bridgehead atoms. The minimum atomic E-state index is -0.418. The number of nitrogens with zero attached hydrogens (tertiary/aromatic N) is 4. The van der Waals surface area contributed by atoms with Crippen molar-refractivity contribution in [2.45, 2.75) is 51.6 Å². The van der Waals surface area contributed by atoms with Gasteiger partial charge in [0.05, 0.1) is 28.5 Å². The van der Waals surface area contributed by atoms with Crippen LogP contribution >= 0.6 is 11.3 Å². The number of thiophene rings is 1. The number of rotatable bonds is 6. The topological polar surface area (TPSA) is 100 Å². The molecule has 1 aliphatic carbocycles. The predicted molar refractivity (Wildman–Crippen MR) is 133 cm³/mol. The highest BCUT2D eigenvalue weighted by molar-refractivity contribution is 7.17. The van der Waals surface area contributed by atoms with Crippen LogP contribution in [0.4, 0.5) is 10.3 Å². The summed E-state index contributed by atoms with van der Waals surface area (Å²) < 4.78 is 14.3. The van der Waals surface area contributed by atoms with E-state index in [0.29, 0.717) is 41.7 Å². The number of amides is 2. The SMILES string of the molecule is C[C@H](Nc1nc(C(=O)N2CC(NC(=O)[C@H]3CC[C@H](C)CC3)C2)c2sccc2n1)c1cncc(F)c1. The molecular weight excluding hydrogens is 467 g/mol. The Morgan fingerprint density at radius 3 is 2.69 bits per heavy atom. The van der Waals surface area contributed by atoms with Crippen LogP contribution < -0.4 is 10.6 Å². The molecule has 3 aromatic heterocycles. The first-order valence-electron chi connectivity index (χ1n) is 12.1. The Kier molecular flexibility index (Phi) is 6.64. The van der Waals surface area contributed by atoms with Gasteiger partial charge in [-0.2, -0.15) is 0 Å². The Labute approximate surface area is 207 Å². The summed E-state index contributed by atoms with van der Waals surface area (Å²) in [6.07, 6.45) is 6.82. The third-order valence-corrected chi connectivity index (χ3v) is 7.89. The van der Waals surface area contributed by atoms with E-state index in [1.165, 1.54) is 17.4 Å². The third kappa shape index (κ3) is 5.12. The number of hydrogen-bond donors (Lipinski definition) is 2. The van der Waals surface area contributed by atoms with E-state index in [-0.39, 0.29) is 29.8 Å². The minimum Gasteiger partial charge on any atom is -0.350 e. The van der Waals surface area contributed by atoms with Crippen molar-refractivity contribution in [1.29, 1.82) is 0 Å². The summed E-state index contributed by atoms with van der Waals surface area (Å²) in [6, 6.07) is 2.93. The van der Waals surface area contributed by atoms with E-state index < -0.39 is 5.82 Å². The van der Waals surface area contributed by atoms with Crippen LogP contribution in [0, 0.1) is 17.7 Å². The van der Waals surface area contributed by atoms with Crippen molar-refractivity contribution in [1.82, 2.24) is 25.2 Å². The molecule has 1 atom stereocenters. The molecule has 2 amide bonds. The summed E-state index contributed by atoms with van der Waals surface area (Å²) in [5, 5.41) is 8.16. The van der Waals surface area contributed by atoms with Crippen molar-refractivity contribution < 1.29 is 14.0 Å². The van der Waals surface area contributed by atoms with E-state index in [9.17, 15) is 14.0 Å². The highest BCUT2D eigenvalue weighted by atomic mass is 32.1. The summed E-state index contributed by atoms with van der Waals surface area (Å²) in [4.78, 5) is 40.6. The van der Waals surface area contributed by atoms with E-state index in [1.807, 2.05) is 18.4 Å². The molecule has 0 aromatic carbocycles. The Morgan fingerprint density at radius 2 is 1.94 bits per heavy atom. The van der Waals surface area contributed by atoms with Gasteiger partial charge in [-0.15, -0.1) is 11.3 Å². The van der Waals surface area contributed by atoms with Crippen molar-refractivity contribution >= 4 is 39.3 Å². The minimum absolute atomic E-state index is 0.0236. The maximum absolute atomic E-state index is 13.6. The molecular formula is C25H29FN6O2S. The number of carbonyl (C=O) groups excluding carboxylic acids is 2. The van der Waals surface area contributed by atoms with E-state index in [2.05, 4.69) is 32.5 Å². The summed E-state index contributed by atoms with van der Waals surface area (Å²) in [5.41, 5.74) is 1.67. The lowest BCUT2D eigenvalue weighted by atomic mass is 9.82. The maximum atomic E-state index is 13.6. The lowest BCUT2D eigenvalue weighted by molar-refractivity contribution is -0.127. The smallest absolute Gasteiger partial charge is 0.274 e. The Hall–Kier alpha value is -3.14. The normalized spacial score (nSPS) is 21.4. The second kappa shape index (κ2) is 9.85. The molecule has 0 spiro atoms. The third-order valence-electron chi connectivity index (χ3n) is 6.98. The van der Waals surface area contributed by atoms with Gasteiger partial charge < -0.3 is 15.5 Å². The van der Waals surface area contributed by atoms with Gasteiger partial charge in [-0.3, -0.25) is 14.6 Å². The molecule has 8 nitrogen and oxygen atoms in total. The number of pyridine rings is 1. The highest BCUT2D eigenvalue weighted by Crippen LogP contribution is 2.30. The van der Waals surface area contributed by atoms with Gasteiger partial charge in [-0.25, -0.2) is 14.4 Å². The van der Waals surface area contributed by atoms with Crippen molar-refractivity contribution in [3.05, 3.63) is 47.0 Å². The highest BCUT2D eigenvalue weighted by Gasteiger charge is 2.35. The van der Waals surface area contributed by atoms with Crippen molar-refractivity contribution in [2.75, 3.05) is 18.4 Å². The molecule has 10 heteroatoms. The van der Waals surface area contributed by atoms with Gasteiger partial charge in [0.1, 0.15) is 5.82 Å². The second-order valence-electron chi connectivity index (χ2n) is 9.71. The molecule has 2 aliphatic rings. The first kappa shape index (κ1) is 23.6. The Bertz CT molecular complexity index is 1240. The van der Waals surface area contributed by atoms with Crippen LogP contribution in [0.15, 0.2) is 29.9 Å². The Morgan fingerprint density at radius 1 is 1.17 bits per heavy atom. The summed E-state index contributed by atoms with van der Waals surface area (Å²) >= 11 is 1.42. The van der Waals surface area contributed by atoms with Crippen molar-refractivity contribution in [2.24, 2.45) is 11.8 Å². The van der Waals surface area contributed by atoms with E-state index in [4.69, 9.17) is 0 Å². The average molecular weight is 497 g/mol. The van der Waals surface area contributed by atoms with Crippen LogP contribution in [0.5, 0.6) is 0 Å². The molecule has 1 saturated heterocycles. The molecule has 0 unspecified atom stereocenters. The predicted octanol–water partition coefficient (Wildman–Crippen LogP) is 4.17. The zero-order valence-corrected chi connectivity index (χ0v) is 20.6. The zero-order valence-electron chi connectivity index (χ0n) is 19.8. The van der Waals surface area contributed by atoms with Gasteiger partial charge in [0.25, 0.3) is 5.91 Å². The zero-order chi connectivity index (χ0) is 24.5. The monoisotopic (exact) mass is 496 g/mol. The van der Waals surface area contributed by atoms with Gasteiger partial charge in [0.2, 0.25) is 11.9 Å². The van der Waals surface area contributed by atoms with Crippen LogP contribution in [0.25, 0.3) is 10.2 Å². The molecule has 1 aliphatic heterocycles. The average Bonchev–Trinajstić information content (AvgIpc) is 3.29. The molecule has 5 rings (SSSR count). The van der Waals surface area contributed by atoms with Crippen LogP contribution in [0.2, 0.25) is 0 Å². The van der Waals surface area contributed by atoms with Crippen LogP contribution in [0.1, 0.15) is 61.6 Å². The number of aromatic nitrogens is 3. The van der Waals surface area contributed by atoms with E-state index in [1.54, 1.807) is 11.1 Å². The molecule has 2 N–H and O–H groups in total. The van der Waals surface area contributed by atoms with Gasteiger partial charge in [0.15, 0.2) is 5.69 Å². The number of nitrogens with one attached hydrogen (secondary N) is 2. The molecule has 0 radical (unpaired) electrons. The number of hydrogen-bond acceptors (Lipinski definition) is 7. The molecule has 184 valence electrons. The molecule has 1 saturated carbocycles. The number of fused-ring (bicyclic) bond motifs is 1. The fourth-order valence-corrected chi connectivity index (χ4v) is 5.55. The van der Waals surface area contributed by atoms with Crippen LogP contribution in [-0.4, -0.2) is 50.8 Å². The van der Waals surface area contributed by atoms with E-state index in [0.717, 1.165) is 36.6 Å². The molecule has 3 aromatic rings. The number of likely N-dealkylation sites (tertiary alicyclic amines) is 1. The Balaban J connectivity index is 1.24. The fourth-order valence-electron chi connectivity index (χ4n) is 4.74.